The zero-order chi connectivity index (χ0) is 6.97. The van der Waals surface area contributed by atoms with Crippen LogP contribution in [0.3, 0.4) is 0 Å². The van der Waals surface area contributed by atoms with Gasteiger partial charge in [0.05, 0.1) is 31.5 Å². The van der Waals surface area contributed by atoms with Crippen LogP contribution < -0.4 is 0 Å². The molecule has 0 aliphatic carbocycles. The lowest BCUT2D eigenvalue weighted by Gasteiger charge is -2.37. The van der Waals surface area contributed by atoms with Crippen LogP contribution in [-0.4, -0.2) is 36.6 Å². The molecule has 2 aliphatic rings. The number of hydrogen-bond acceptors (Lipinski definition) is 3. The van der Waals surface area contributed by atoms with Gasteiger partial charge in [0.2, 0.25) is 0 Å². The highest BCUT2D eigenvalue weighted by Crippen LogP contribution is 2.23. The standard InChI is InChI=1S/C7H12O3/c8-5-1-6-3-9-4-7(2-5)10-6/h5-8H,1-4H2/t5?,6-,7+. The molecule has 2 bridgehead atoms. The van der Waals surface area contributed by atoms with Gasteiger partial charge in [0.25, 0.3) is 0 Å². The Bertz CT molecular complexity index is 110. The minimum Gasteiger partial charge on any atom is -0.393 e. The van der Waals surface area contributed by atoms with E-state index in [-0.39, 0.29) is 18.3 Å². The van der Waals surface area contributed by atoms with Crippen LogP contribution in [0.5, 0.6) is 0 Å². The van der Waals surface area contributed by atoms with E-state index >= 15 is 0 Å². The van der Waals surface area contributed by atoms with Crippen molar-refractivity contribution in [3.63, 3.8) is 0 Å². The summed E-state index contributed by atoms with van der Waals surface area (Å²) in [5.74, 6) is 0. The van der Waals surface area contributed by atoms with Crippen molar-refractivity contribution in [2.75, 3.05) is 13.2 Å². The summed E-state index contributed by atoms with van der Waals surface area (Å²) in [5.41, 5.74) is 0. The summed E-state index contributed by atoms with van der Waals surface area (Å²) in [7, 11) is 0. The minimum absolute atomic E-state index is 0.155. The van der Waals surface area contributed by atoms with Gasteiger partial charge in [0.1, 0.15) is 0 Å². The second kappa shape index (κ2) is 2.49. The number of aliphatic hydroxyl groups excluding tert-OH is 1. The van der Waals surface area contributed by atoms with Gasteiger partial charge >= 0.3 is 0 Å². The van der Waals surface area contributed by atoms with Crippen LogP contribution in [0.2, 0.25) is 0 Å². The van der Waals surface area contributed by atoms with Crippen LogP contribution in [0.25, 0.3) is 0 Å². The molecule has 2 aliphatic heterocycles. The maximum absolute atomic E-state index is 9.28. The Morgan fingerprint density at radius 3 is 2.30 bits per heavy atom. The SMILES string of the molecule is OC1C[C@H]2COC[C@@H](C1)O2. The molecule has 10 heavy (non-hydrogen) atoms. The van der Waals surface area contributed by atoms with E-state index in [1.807, 2.05) is 0 Å². The average Bonchev–Trinajstić information content (AvgIpc) is 1.85. The molecule has 1 unspecified atom stereocenters. The highest BCUT2D eigenvalue weighted by atomic mass is 16.6. The van der Waals surface area contributed by atoms with Crippen LogP contribution in [0.15, 0.2) is 0 Å². The molecule has 3 atom stereocenters. The Hall–Kier alpha value is -0.120. The van der Waals surface area contributed by atoms with Gasteiger partial charge in [-0.25, -0.2) is 0 Å². The Morgan fingerprint density at radius 2 is 1.70 bits per heavy atom. The molecule has 0 aromatic rings. The maximum Gasteiger partial charge on any atom is 0.0838 e. The van der Waals surface area contributed by atoms with Gasteiger partial charge in [0.15, 0.2) is 0 Å². The van der Waals surface area contributed by atoms with E-state index in [2.05, 4.69) is 0 Å². The van der Waals surface area contributed by atoms with Gasteiger partial charge in [-0.05, 0) is 0 Å². The van der Waals surface area contributed by atoms with Gasteiger partial charge in [-0.3, -0.25) is 0 Å². The number of ether oxygens (including phenoxy) is 2. The van der Waals surface area contributed by atoms with Gasteiger partial charge in [-0.1, -0.05) is 0 Å². The molecule has 2 fully saturated rings. The summed E-state index contributed by atoms with van der Waals surface area (Å²) in [6.07, 6.45) is 1.64. The Kier molecular flexibility index (Phi) is 1.64. The first-order valence-electron chi connectivity index (χ1n) is 3.76. The van der Waals surface area contributed by atoms with E-state index in [0.29, 0.717) is 13.2 Å². The molecule has 3 heteroatoms. The largest absolute Gasteiger partial charge is 0.393 e. The Balaban J connectivity index is 1.98. The number of rotatable bonds is 0. The van der Waals surface area contributed by atoms with Gasteiger partial charge in [-0.2, -0.15) is 0 Å². The molecule has 2 rings (SSSR count). The van der Waals surface area contributed by atoms with E-state index in [1.165, 1.54) is 0 Å². The molecule has 3 nitrogen and oxygen atoms in total. The van der Waals surface area contributed by atoms with Crippen molar-refractivity contribution in [2.45, 2.75) is 31.2 Å². The Labute approximate surface area is 59.9 Å². The summed E-state index contributed by atoms with van der Waals surface area (Å²) in [6, 6.07) is 0. The molecule has 0 amide bonds. The molecule has 58 valence electrons. The topological polar surface area (TPSA) is 38.7 Å². The summed E-state index contributed by atoms with van der Waals surface area (Å²) < 4.78 is 10.8. The summed E-state index contributed by atoms with van der Waals surface area (Å²) in [4.78, 5) is 0. The lowest BCUT2D eigenvalue weighted by Crippen LogP contribution is -2.44. The van der Waals surface area contributed by atoms with Crippen molar-refractivity contribution in [3.8, 4) is 0 Å². The summed E-state index contributed by atoms with van der Waals surface area (Å²) in [5, 5.41) is 9.28. The first-order valence-corrected chi connectivity index (χ1v) is 3.76. The normalized spacial score (nSPS) is 47.1. The first-order chi connectivity index (χ1) is 4.84. The van der Waals surface area contributed by atoms with Crippen LogP contribution in [0.1, 0.15) is 12.8 Å². The van der Waals surface area contributed by atoms with Crippen molar-refractivity contribution in [3.05, 3.63) is 0 Å². The second-order valence-corrected chi connectivity index (χ2v) is 3.04. The van der Waals surface area contributed by atoms with Crippen molar-refractivity contribution in [1.29, 1.82) is 0 Å². The van der Waals surface area contributed by atoms with Crippen molar-refractivity contribution >= 4 is 0 Å². The van der Waals surface area contributed by atoms with E-state index in [0.717, 1.165) is 12.8 Å². The smallest absolute Gasteiger partial charge is 0.0838 e. The molecule has 0 saturated carbocycles. The van der Waals surface area contributed by atoms with Crippen molar-refractivity contribution in [2.24, 2.45) is 0 Å². The quantitative estimate of drug-likeness (QED) is 0.517. The zero-order valence-corrected chi connectivity index (χ0v) is 5.82. The van der Waals surface area contributed by atoms with E-state index < -0.39 is 0 Å². The van der Waals surface area contributed by atoms with Crippen LogP contribution in [0, 0.1) is 0 Å². The van der Waals surface area contributed by atoms with Crippen LogP contribution in [-0.2, 0) is 9.47 Å². The summed E-state index contributed by atoms with van der Waals surface area (Å²) in [6.45, 7) is 1.32. The number of fused-ring (bicyclic) bond motifs is 2. The maximum atomic E-state index is 9.28. The predicted octanol–water partition coefficient (Wildman–Crippen LogP) is -0.0749. The number of aliphatic hydroxyl groups is 1. The fourth-order valence-electron chi connectivity index (χ4n) is 1.63. The van der Waals surface area contributed by atoms with Gasteiger partial charge in [-0.15, -0.1) is 0 Å². The average molecular weight is 144 g/mol. The van der Waals surface area contributed by atoms with E-state index in [9.17, 15) is 5.11 Å². The molecular weight excluding hydrogens is 132 g/mol. The summed E-state index contributed by atoms with van der Waals surface area (Å²) >= 11 is 0. The van der Waals surface area contributed by atoms with E-state index in [1.54, 1.807) is 0 Å². The van der Waals surface area contributed by atoms with Crippen LogP contribution in [0.4, 0.5) is 0 Å². The highest BCUT2D eigenvalue weighted by molar-refractivity contribution is 4.79. The minimum atomic E-state index is -0.160. The van der Waals surface area contributed by atoms with Gasteiger partial charge in [0, 0.05) is 12.8 Å². The zero-order valence-electron chi connectivity index (χ0n) is 5.82. The van der Waals surface area contributed by atoms with E-state index in [4.69, 9.17) is 9.47 Å². The lowest BCUT2D eigenvalue weighted by molar-refractivity contribution is -0.184. The van der Waals surface area contributed by atoms with Crippen molar-refractivity contribution < 1.29 is 14.6 Å². The third-order valence-corrected chi connectivity index (χ3v) is 2.06. The Morgan fingerprint density at radius 1 is 1.10 bits per heavy atom. The third-order valence-electron chi connectivity index (χ3n) is 2.06. The predicted molar refractivity (Wildman–Crippen MR) is 34.7 cm³/mol. The second-order valence-electron chi connectivity index (χ2n) is 3.04. The first kappa shape index (κ1) is 6.58. The molecular formula is C7H12O3. The van der Waals surface area contributed by atoms with Gasteiger partial charge < -0.3 is 14.6 Å². The monoisotopic (exact) mass is 144 g/mol. The third kappa shape index (κ3) is 1.17. The molecule has 0 aromatic heterocycles. The number of hydrogen-bond donors (Lipinski definition) is 1. The lowest BCUT2D eigenvalue weighted by atomic mass is 10.0. The molecule has 0 radical (unpaired) electrons. The molecule has 0 spiro atoms. The molecule has 0 aromatic carbocycles. The fraction of sp³-hybridized carbons (Fsp3) is 1.00. The highest BCUT2D eigenvalue weighted by Gasteiger charge is 2.31. The van der Waals surface area contributed by atoms with Crippen molar-refractivity contribution in [1.82, 2.24) is 0 Å². The molecule has 1 N–H and O–H groups in total. The molecule has 2 heterocycles. The molecule has 2 saturated heterocycles. The fourth-order valence-corrected chi connectivity index (χ4v) is 1.63. The van der Waals surface area contributed by atoms with Crippen LogP contribution >= 0.6 is 0 Å².